The average Bonchev–Trinajstić information content (AvgIpc) is 2.80. The topological polar surface area (TPSA) is 17.8 Å². The molecule has 2 nitrogen and oxygen atoms in total. The first kappa shape index (κ1) is 14.7. The van der Waals surface area contributed by atoms with Crippen LogP contribution < -0.4 is 0 Å². The zero-order valence-electron chi connectivity index (χ0n) is 11.6. The molecule has 1 unspecified atom stereocenters. The molecule has 108 valence electrons. The fourth-order valence-corrected chi connectivity index (χ4v) is 3.13. The van der Waals surface area contributed by atoms with E-state index < -0.39 is 0 Å². The van der Waals surface area contributed by atoms with E-state index in [1.165, 1.54) is 0 Å². The Labute approximate surface area is 138 Å². The van der Waals surface area contributed by atoms with E-state index in [0.717, 1.165) is 28.1 Å². The maximum absolute atomic E-state index is 6.42. The lowest BCUT2D eigenvalue weighted by Gasteiger charge is -2.13. The summed E-state index contributed by atoms with van der Waals surface area (Å²) in [6, 6.07) is 11.5. The molecule has 1 aromatic heterocycles. The number of nitrogens with zero attached hydrogens (tertiary/aromatic N) is 2. The molecule has 21 heavy (non-hydrogen) atoms. The van der Waals surface area contributed by atoms with Crippen molar-refractivity contribution in [2.24, 2.45) is 0 Å². The molecule has 0 saturated carbocycles. The van der Waals surface area contributed by atoms with Gasteiger partial charge in [-0.15, -0.1) is 11.6 Å². The van der Waals surface area contributed by atoms with Crippen molar-refractivity contribution in [2.45, 2.75) is 19.2 Å². The van der Waals surface area contributed by atoms with Crippen LogP contribution in [0.15, 0.2) is 36.4 Å². The zero-order valence-corrected chi connectivity index (χ0v) is 13.8. The number of aromatic nitrogens is 2. The summed E-state index contributed by atoms with van der Waals surface area (Å²) in [5.41, 5.74) is 3.56. The molecule has 0 saturated heterocycles. The summed E-state index contributed by atoms with van der Waals surface area (Å²) < 4.78 is 1.94. The molecule has 3 aromatic rings. The minimum Gasteiger partial charge on any atom is -0.292 e. The molecule has 3 rings (SSSR count). The van der Waals surface area contributed by atoms with Crippen molar-refractivity contribution < 1.29 is 0 Å². The number of benzene rings is 2. The van der Waals surface area contributed by atoms with Crippen molar-refractivity contribution in [3.05, 3.63) is 57.8 Å². The van der Waals surface area contributed by atoms with E-state index in [2.05, 4.69) is 4.98 Å². The lowest BCUT2D eigenvalue weighted by molar-refractivity contribution is 0.882. The number of halogens is 3. The summed E-state index contributed by atoms with van der Waals surface area (Å²) in [5, 5.41) is 1.01. The van der Waals surface area contributed by atoms with E-state index >= 15 is 0 Å². The van der Waals surface area contributed by atoms with Gasteiger partial charge in [0.05, 0.1) is 32.1 Å². The summed E-state index contributed by atoms with van der Waals surface area (Å²) in [6.07, 6.45) is 0. The minimum absolute atomic E-state index is 0.258. The Morgan fingerprint density at radius 1 is 1.10 bits per heavy atom. The molecular weight excluding hydrogens is 327 g/mol. The van der Waals surface area contributed by atoms with Crippen molar-refractivity contribution >= 4 is 45.8 Å². The SMILES string of the molecule is Cc1ccc(-n2c(C(C)Cl)nc3cccc(Cl)c32)c(Cl)c1. The average molecular weight is 340 g/mol. The molecule has 0 bridgehead atoms. The van der Waals surface area contributed by atoms with E-state index in [9.17, 15) is 0 Å². The molecule has 2 aromatic carbocycles. The van der Waals surface area contributed by atoms with E-state index in [1.807, 2.05) is 54.8 Å². The van der Waals surface area contributed by atoms with Crippen LogP contribution in [0.25, 0.3) is 16.7 Å². The van der Waals surface area contributed by atoms with Gasteiger partial charge < -0.3 is 0 Å². The lowest BCUT2D eigenvalue weighted by Crippen LogP contribution is -2.03. The number of hydrogen-bond donors (Lipinski definition) is 0. The number of alkyl halides is 1. The molecule has 0 fully saturated rings. The van der Waals surface area contributed by atoms with Crippen LogP contribution in [0, 0.1) is 6.92 Å². The summed E-state index contributed by atoms with van der Waals surface area (Å²) in [7, 11) is 0. The third-order valence-corrected chi connectivity index (χ3v) is 4.16. The van der Waals surface area contributed by atoms with Crippen LogP contribution in [0.1, 0.15) is 23.7 Å². The van der Waals surface area contributed by atoms with Gasteiger partial charge in [0.15, 0.2) is 0 Å². The monoisotopic (exact) mass is 338 g/mol. The number of rotatable bonds is 2. The van der Waals surface area contributed by atoms with E-state index in [-0.39, 0.29) is 5.38 Å². The van der Waals surface area contributed by atoms with Crippen LogP contribution in [0.5, 0.6) is 0 Å². The fraction of sp³-hybridized carbons (Fsp3) is 0.188. The molecule has 0 spiro atoms. The summed E-state index contributed by atoms with van der Waals surface area (Å²) in [4.78, 5) is 4.60. The van der Waals surface area contributed by atoms with E-state index in [1.54, 1.807) is 0 Å². The third-order valence-electron chi connectivity index (χ3n) is 3.35. The number of hydrogen-bond acceptors (Lipinski definition) is 1. The first-order chi connectivity index (χ1) is 9.99. The van der Waals surface area contributed by atoms with Gasteiger partial charge in [-0.2, -0.15) is 0 Å². The molecular formula is C16H13Cl3N2. The summed E-state index contributed by atoms with van der Waals surface area (Å²) in [5.74, 6) is 0.727. The van der Waals surface area contributed by atoms with Crippen molar-refractivity contribution in [3.8, 4) is 5.69 Å². The standard InChI is InChI=1S/C16H13Cl3N2/c1-9-6-7-14(12(19)8-9)21-15-11(18)4-3-5-13(15)20-16(21)10(2)17/h3-8,10H,1-2H3. The Morgan fingerprint density at radius 3 is 2.52 bits per heavy atom. The fourth-order valence-electron chi connectivity index (χ4n) is 2.41. The second-order valence-electron chi connectivity index (χ2n) is 4.98. The molecule has 0 aliphatic rings. The Bertz CT molecular complexity index is 822. The van der Waals surface area contributed by atoms with Crippen molar-refractivity contribution in [2.75, 3.05) is 0 Å². The van der Waals surface area contributed by atoms with Crippen LogP contribution in [0.2, 0.25) is 10.0 Å². The largest absolute Gasteiger partial charge is 0.292 e. The molecule has 0 aliphatic carbocycles. The Hall–Kier alpha value is -1.22. The highest BCUT2D eigenvalue weighted by atomic mass is 35.5. The second kappa shape index (κ2) is 5.53. The van der Waals surface area contributed by atoms with Gasteiger partial charge in [-0.25, -0.2) is 4.98 Å². The highest BCUT2D eigenvalue weighted by Gasteiger charge is 2.19. The predicted octanol–water partition coefficient (Wildman–Crippen LogP) is 5.94. The lowest BCUT2D eigenvalue weighted by atomic mass is 10.2. The molecule has 1 heterocycles. The summed E-state index contributed by atoms with van der Waals surface area (Å²) in [6.45, 7) is 3.88. The second-order valence-corrected chi connectivity index (χ2v) is 6.45. The van der Waals surface area contributed by atoms with Gasteiger partial charge in [0.25, 0.3) is 0 Å². The minimum atomic E-state index is -0.258. The molecule has 0 amide bonds. The van der Waals surface area contributed by atoms with Crippen molar-refractivity contribution in [3.63, 3.8) is 0 Å². The number of aryl methyl sites for hydroxylation is 1. The molecule has 0 aliphatic heterocycles. The van der Waals surface area contributed by atoms with Crippen molar-refractivity contribution in [1.82, 2.24) is 9.55 Å². The normalized spacial score (nSPS) is 12.8. The third kappa shape index (κ3) is 2.52. The van der Waals surface area contributed by atoms with Crippen LogP contribution in [0.3, 0.4) is 0 Å². The van der Waals surface area contributed by atoms with Gasteiger partial charge in [0.2, 0.25) is 0 Å². The Balaban J connectivity index is 2.41. The van der Waals surface area contributed by atoms with Gasteiger partial charge in [-0.1, -0.05) is 35.3 Å². The Kier molecular flexibility index (Phi) is 3.87. The smallest absolute Gasteiger partial charge is 0.132 e. The van der Waals surface area contributed by atoms with E-state index in [0.29, 0.717) is 10.0 Å². The summed E-state index contributed by atoms with van der Waals surface area (Å²) >= 11 is 19.1. The van der Waals surface area contributed by atoms with Crippen LogP contribution in [-0.2, 0) is 0 Å². The van der Waals surface area contributed by atoms with Crippen LogP contribution in [-0.4, -0.2) is 9.55 Å². The highest BCUT2D eigenvalue weighted by Crippen LogP contribution is 2.34. The van der Waals surface area contributed by atoms with Gasteiger partial charge in [-0.3, -0.25) is 4.57 Å². The van der Waals surface area contributed by atoms with E-state index in [4.69, 9.17) is 34.8 Å². The number of fused-ring (bicyclic) bond motifs is 1. The van der Waals surface area contributed by atoms with Gasteiger partial charge >= 0.3 is 0 Å². The first-order valence-electron chi connectivity index (χ1n) is 6.56. The molecule has 5 heteroatoms. The predicted molar refractivity (Wildman–Crippen MR) is 90.1 cm³/mol. The van der Waals surface area contributed by atoms with Crippen LogP contribution >= 0.6 is 34.8 Å². The van der Waals surface area contributed by atoms with Crippen molar-refractivity contribution in [1.29, 1.82) is 0 Å². The number of imidazole rings is 1. The van der Waals surface area contributed by atoms with Crippen LogP contribution in [0.4, 0.5) is 0 Å². The quantitative estimate of drug-likeness (QED) is 0.528. The molecule has 0 N–H and O–H groups in total. The number of para-hydroxylation sites is 1. The molecule has 0 radical (unpaired) electrons. The molecule has 1 atom stereocenters. The maximum Gasteiger partial charge on any atom is 0.132 e. The first-order valence-corrected chi connectivity index (χ1v) is 7.75. The maximum atomic E-state index is 6.42. The Morgan fingerprint density at radius 2 is 1.86 bits per heavy atom. The van der Waals surface area contributed by atoms with Gasteiger partial charge in [-0.05, 0) is 43.7 Å². The zero-order chi connectivity index (χ0) is 15.1. The van der Waals surface area contributed by atoms with Gasteiger partial charge in [0, 0.05) is 0 Å². The highest BCUT2D eigenvalue weighted by molar-refractivity contribution is 6.35. The van der Waals surface area contributed by atoms with Gasteiger partial charge in [0.1, 0.15) is 5.82 Å².